The van der Waals surface area contributed by atoms with Gasteiger partial charge in [0.05, 0.1) is 12.4 Å². The van der Waals surface area contributed by atoms with Crippen molar-refractivity contribution in [2.75, 3.05) is 18.6 Å². The standard InChI is InChI=1S/C9H12N2S/c1-7-3-4-8-9(5-7)12-10-6-11(8)2/h3-5,10H,6H2,1-2H3. The molecule has 0 radical (unpaired) electrons. The Kier molecular flexibility index (Phi) is 1.98. The molecule has 1 aromatic rings. The van der Waals surface area contributed by atoms with Gasteiger partial charge in [0.1, 0.15) is 0 Å². The molecule has 0 saturated heterocycles. The Morgan fingerprint density at radius 2 is 2.33 bits per heavy atom. The summed E-state index contributed by atoms with van der Waals surface area (Å²) in [5, 5.41) is 0. The molecule has 0 atom stereocenters. The molecule has 0 aromatic heterocycles. The summed E-state index contributed by atoms with van der Waals surface area (Å²) in [7, 11) is 2.10. The van der Waals surface area contributed by atoms with Crippen LogP contribution in [0.25, 0.3) is 0 Å². The number of benzene rings is 1. The van der Waals surface area contributed by atoms with E-state index in [2.05, 4.69) is 41.8 Å². The van der Waals surface area contributed by atoms with Crippen LogP contribution in [0, 0.1) is 6.92 Å². The van der Waals surface area contributed by atoms with Crippen molar-refractivity contribution in [3.63, 3.8) is 0 Å². The number of anilines is 1. The van der Waals surface area contributed by atoms with Crippen LogP contribution in [-0.4, -0.2) is 13.7 Å². The molecular formula is C9H12N2S. The van der Waals surface area contributed by atoms with Gasteiger partial charge >= 0.3 is 0 Å². The Morgan fingerprint density at radius 3 is 3.17 bits per heavy atom. The maximum atomic E-state index is 3.26. The van der Waals surface area contributed by atoms with Crippen molar-refractivity contribution in [3.8, 4) is 0 Å². The average molecular weight is 180 g/mol. The minimum atomic E-state index is 0.917. The normalized spacial score (nSPS) is 16.0. The van der Waals surface area contributed by atoms with E-state index >= 15 is 0 Å². The molecule has 1 aromatic carbocycles. The van der Waals surface area contributed by atoms with Crippen LogP contribution < -0.4 is 9.62 Å². The maximum absolute atomic E-state index is 3.26. The molecule has 1 aliphatic rings. The lowest BCUT2D eigenvalue weighted by Crippen LogP contribution is -2.30. The van der Waals surface area contributed by atoms with E-state index in [1.54, 1.807) is 11.9 Å². The monoisotopic (exact) mass is 180 g/mol. The predicted octanol–water partition coefficient (Wildman–Crippen LogP) is 2.00. The van der Waals surface area contributed by atoms with Gasteiger partial charge in [0, 0.05) is 11.9 Å². The van der Waals surface area contributed by atoms with E-state index in [9.17, 15) is 0 Å². The predicted molar refractivity (Wildman–Crippen MR) is 53.4 cm³/mol. The molecule has 1 N–H and O–H groups in total. The van der Waals surface area contributed by atoms with Crippen molar-refractivity contribution >= 4 is 17.6 Å². The van der Waals surface area contributed by atoms with E-state index in [0.717, 1.165) is 6.67 Å². The Balaban J connectivity index is 2.46. The second-order valence-electron chi connectivity index (χ2n) is 3.07. The molecule has 2 rings (SSSR count). The van der Waals surface area contributed by atoms with Gasteiger partial charge in [-0.25, -0.2) is 4.72 Å². The van der Waals surface area contributed by atoms with Gasteiger partial charge < -0.3 is 4.90 Å². The zero-order valence-corrected chi connectivity index (χ0v) is 8.11. The van der Waals surface area contributed by atoms with E-state index in [1.807, 2.05) is 0 Å². The van der Waals surface area contributed by atoms with Gasteiger partial charge in [0.25, 0.3) is 0 Å². The van der Waals surface area contributed by atoms with Gasteiger partial charge in [-0.3, -0.25) is 0 Å². The summed E-state index contributed by atoms with van der Waals surface area (Å²) in [5.74, 6) is 0. The van der Waals surface area contributed by atoms with Gasteiger partial charge in [-0.05, 0) is 36.6 Å². The first kappa shape index (κ1) is 7.95. The number of fused-ring (bicyclic) bond motifs is 1. The summed E-state index contributed by atoms with van der Waals surface area (Å²) in [6.07, 6.45) is 0. The van der Waals surface area contributed by atoms with Gasteiger partial charge in [-0.1, -0.05) is 6.07 Å². The molecule has 64 valence electrons. The molecule has 0 amide bonds. The minimum Gasteiger partial charge on any atom is -0.360 e. The molecule has 0 fully saturated rings. The Bertz CT molecular complexity index is 299. The average Bonchev–Trinajstić information content (AvgIpc) is 2.04. The fourth-order valence-corrected chi connectivity index (χ4v) is 2.30. The second-order valence-corrected chi connectivity index (χ2v) is 4.01. The number of aryl methyl sites for hydroxylation is 1. The number of hydrogen-bond acceptors (Lipinski definition) is 3. The fourth-order valence-electron chi connectivity index (χ4n) is 1.31. The van der Waals surface area contributed by atoms with Crippen molar-refractivity contribution in [1.82, 2.24) is 4.72 Å². The van der Waals surface area contributed by atoms with E-state index in [1.165, 1.54) is 16.1 Å². The quantitative estimate of drug-likeness (QED) is 0.615. The fraction of sp³-hybridized carbons (Fsp3) is 0.333. The summed E-state index contributed by atoms with van der Waals surface area (Å²) >= 11 is 1.71. The summed E-state index contributed by atoms with van der Waals surface area (Å²) < 4.78 is 3.26. The second kappa shape index (κ2) is 2.99. The SMILES string of the molecule is Cc1ccc2c(c1)SNCN2C. The molecule has 3 heteroatoms. The lowest BCUT2D eigenvalue weighted by Gasteiger charge is -2.27. The van der Waals surface area contributed by atoms with E-state index in [-0.39, 0.29) is 0 Å². The highest BCUT2D eigenvalue weighted by atomic mass is 32.2. The molecule has 12 heavy (non-hydrogen) atoms. The van der Waals surface area contributed by atoms with E-state index < -0.39 is 0 Å². The van der Waals surface area contributed by atoms with Crippen LogP contribution >= 0.6 is 11.9 Å². The maximum Gasteiger partial charge on any atom is 0.0774 e. The number of rotatable bonds is 0. The highest BCUT2D eigenvalue weighted by Crippen LogP contribution is 2.31. The molecular weight excluding hydrogens is 168 g/mol. The van der Waals surface area contributed by atoms with Gasteiger partial charge in [-0.15, -0.1) is 0 Å². The van der Waals surface area contributed by atoms with Crippen LogP contribution in [0.3, 0.4) is 0 Å². The number of nitrogens with one attached hydrogen (secondary N) is 1. The molecule has 0 bridgehead atoms. The zero-order chi connectivity index (χ0) is 8.55. The lowest BCUT2D eigenvalue weighted by molar-refractivity contribution is 0.850. The van der Waals surface area contributed by atoms with Crippen LogP contribution in [-0.2, 0) is 0 Å². The Hall–Kier alpha value is -0.670. The summed E-state index contributed by atoms with van der Waals surface area (Å²) in [4.78, 5) is 3.54. The topological polar surface area (TPSA) is 15.3 Å². The highest BCUT2D eigenvalue weighted by molar-refractivity contribution is 7.97. The van der Waals surface area contributed by atoms with Crippen LogP contribution in [0.4, 0.5) is 5.69 Å². The first-order chi connectivity index (χ1) is 5.77. The first-order valence-corrected chi connectivity index (χ1v) is 4.80. The largest absolute Gasteiger partial charge is 0.360 e. The van der Waals surface area contributed by atoms with Gasteiger partial charge in [0.2, 0.25) is 0 Å². The molecule has 0 unspecified atom stereocenters. The third-order valence-corrected chi connectivity index (χ3v) is 2.83. The van der Waals surface area contributed by atoms with Crippen molar-refractivity contribution in [3.05, 3.63) is 23.8 Å². The van der Waals surface area contributed by atoms with Crippen LogP contribution in [0.2, 0.25) is 0 Å². The summed E-state index contributed by atoms with van der Waals surface area (Å²) in [5.41, 5.74) is 2.64. The minimum absolute atomic E-state index is 0.917. The lowest BCUT2D eigenvalue weighted by atomic mass is 10.2. The molecule has 0 aliphatic carbocycles. The van der Waals surface area contributed by atoms with Gasteiger partial charge in [0.15, 0.2) is 0 Å². The first-order valence-electron chi connectivity index (χ1n) is 3.99. The highest BCUT2D eigenvalue weighted by Gasteiger charge is 2.12. The van der Waals surface area contributed by atoms with Crippen molar-refractivity contribution in [2.45, 2.75) is 11.8 Å². The molecule has 0 saturated carbocycles. The number of hydrogen-bond donors (Lipinski definition) is 1. The summed E-state index contributed by atoms with van der Waals surface area (Å²) in [6, 6.07) is 6.54. The van der Waals surface area contributed by atoms with Crippen molar-refractivity contribution < 1.29 is 0 Å². The van der Waals surface area contributed by atoms with Crippen molar-refractivity contribution in [2.24, 2.45) is 0 Å². The molecule has 2 nitrogen and oxygen atoms in total. The van der Waals surface area contributed by atoms with Gasteiger partial charge in [-0.2, -0.15) is 0 Å². The van der Waals surface area contributed by atoms with Crippen LogP contribution in [0.15, 0.2) is 23.1 Å². The van der Waals surface area contributed by atoms with E-state index in [0.29, 0.717) is 0 Å². The Morgan fingerprint density at radius 1 is 1.50 bits per heavy atom. The van der Waals surface area contributed by atoms with Crippen molar-refractivity contribution in [1.29, 1.82) is 0 Å². The van der Waals surface area contributed by atoms with E-state index in [4.69, 9.17) is 0 Å². The van der Waals surface area contributed by atoms with Crippen LogP contribution in [0.1, 0.15) is 5.56 Å². The third-order valence-electron chi connectivity index (χ3n) is 2.01. The number of nitrogens with zero attached hydrogens (tertiary/aromatic N) is 1. The zero-order valence-electron chi connectivity index (χ0n) is 7.29. The molecule has 0 spiro atoms. The molecule has 1 aliphatic heterocycles. The Labute approximate surface area is 77.1 Å². The third kappa shape index (κ3) is 1.30. The molecule has 1 heterocycles. The van der Waals surface area contributed by atoms with Crippen LogP contribution in [0.5, 0.6) is 0 Å². The summed E-state index contributed by atoms with van der Waals surface area (Å²) in [6.45, 7) is 3.04. The smallest absolute Gasteiger partial charge is 0.0774 e.